The molecular weight excluding hydrogens is 200 g/mol. The van der Waals surface area contributed by atoms with Crippen LogP contribution >= 0.6 is 0 Å². The van der Waals surface area contributed by atoms with Gasteiger partial charge in [-0.2, -0.15) is 0 Å². The number of hydrogen-bond donors (Lipinski definition) is 0. The highest BCUT2D eigenvalue weighted by Crippen LogP contribution is 2.22. The van der Waals surface area contributed by atoms with E-state index in [-0.39, 0.29) is 0 Å². The Kier molecular flexibility index (Phi) is 4.90. The fraction of sp³-hybridized carbons (Fsp3) is 0.429. The molecule has 2 heteroatoms. The minimum absolute atomic E-state index is 0.608. The van der Waals surface area contributed by atoms with Crippen molar-refractivity contribution >= 4 is 0 Å². The van der Waals surface area contributed by atoms with Crippen LogP contribution in [0.4, 0.5) is 0 Å². The Morgan fingerprint density at radius 3 is 2.31 bits per heavy atom. The van der Waals surface area contributed by atoms with E-state index in [1.165, 1.54) is 5.57 Å². The Hall–Kier alpha value is -1.44. The van der Waals surface area contributed by atoms with Crippen LogP contribution < -0.4 is 9.47 Å². The largest absolute Gasteiger partial charge is 0.494 e. The van der Waals surface area contributed by atoms with Crippen LogP contribution in [-0.4, -0.2) is 13.2 Å². The molecule has 0 N–H and O–H groups in total. The normalized spacial score (nSPS) is 9.75. The zero-order valence-electron chi connectivity index (χ0n) is 10.5. The van der Waals surface area contributed by atoms with Crippen molar-refractivity contribution in [1.82, 2.24) is 0 Å². The number of ether oxygens (including phenoxy) is 2. The Morgan fingerprint density at radius 1 is 1.12 bits per heavy atom. The molecule has 0 heterocycles. The number of hydrogen-bond acceptors (Lipinski definition) is 2. The minimum Gasteiger partial charge on any atom is -0.494 e. The molecule has 0 amide bonds. The van der Waals surface area contributed by atoms with Crippen molar-refractivity contribution in [1.29, 1.82) is 0 Å². The molecule has 0 fully saturated rings. The van der Waals surface area contributed by atoms with Crippen LogP contribution in [0.3, 0.4) is 0 Å². The third kappa shape index (κ3) is 4.39. The van der Waals surface area contributed by atoms with Gasteiger partial charge in [0.1, 0.15) is 18.1 Å². The second-order valence-electron chi connectivity index (χ2n) is 4.01. The molecule has 1 aromatic rings. The number of aryl methyl sites for hydroxylation is 1. The van der Waals surface area contributed by atoms with Crippen molar-refractivity contribution in [3.63, 3.8) is 0 Å². The number of allylic oxidation sites excluding steroid dienone is 1. The summed E-state index contributed by atoms with van der Waals surface area (Å²) < 4.78 is 11.1. The lowest BCUT2D eigenvalue weighted by Crippen LogP contribution is -1.97. The lowest BCUT2D eigenvalue weighted by molar-refractivity contribution is 0.330. The Bertz CT molecular complexity index is 363. The second-order valence-corrected chi connectivity index (χ2v) is 4.01. The maximum atomic E-state index is 5.63. The van der Waals surface area contributed by atoms with Crippen molar-refractivity contribution in [3.05, 3.63) is 35.4 Å². The zero-order chi connectivity index (χ0) is 12.0. The van der Waals surface area contributed by atoms with Crippen LogP contribution in [0.1, 0.15) is 26.3 Å². The summed E-state index contributed by atoms with van der Waals surface area (Å²) in [5.74, 6) is 1.73. The predicted octanol–water partition coefficient (Wildman–Crippen LogP) is 3.74. The van der Waals surface area contributed by atoms with E-state index >= 15 is 0 Å². The first kappa shape index (κ1) is 12.6. The molecule has 16 heavy (non-hydrogen) atoms. The molecule has 0 atom stereocenters. The molecule has 0 spiro atoms. The standard InChI is InChI=1S/C14H20O2/c1-5-15-13-8-12(4)9-14(10-13)16-7-6-11(2)3/h6,8-10H,5,7H2,1-4H3. The highest BCUT2D eigenvalue weighted by Gasteiger charge is 1.99. The van der Waals surface area contributed by atoms with Gasteiger partial charge in [-0.25, -0.2) is 0 Å². The lowest BCUT2D eigenvalue weighted by atomic mass is 10.2. The Labute approximate surface area is 97.9 Å². The minimum atomic E-state index is 0.608. The monoisotopic (exact) mass is 220 g/mol. The van der Waals surface area contributed by atoms with Crippen LogP contribution in [0.15, 0.2) is 29.8 Å². The first-order valence-electron chi connectivity index (χ1n) is 5.62. The van der Waals surface area contributed by atoms with Crippen molar-refractivity contribution < 1.29 is 9.47 Å². The van der Waals surface area contributed by atoms with Gasteiger partial charge in [0.05, 0.1) is 6.61 Å². The van der Waals surface area contributed by atoms with E-state index in [0.717, 1.165) is 17.1 Å². The van der Waals surface area contributed by atoms with Gasteiger partial charge in [-0.3, -0.25) is 0 Å². The average molecular weight is 220 g/mol. The summed E-state index contributed by atoms with van der Waals surface area (Å²) in [6, 6.07) is 5.95. The van der Waals surface area contributed by atoms with E-state index < -0.39 is 0 Å². The first-order valence-corrected chi connectivity index (χ1v) is 5.62. The van der Waals surface area contributed by atoms with E-state index in [9.17, 15) is 0 Å². The van der Waals surface area contributed by atoms with E-state index in [2.05, 4.69) is 19.9 Å². The van der Waals surface area contributed by atoms with Gasteiger partial charge >= 0.3 is 0 Å². The van der Waals surface area contributed by atoms with Gasteiger partial charge in [-0.05, 0) is 51.5 Å². The lowest BCUT2D eigenvalue weighted by Gasteiger charge is -2.08. The molecule has 0 saturated heterocycles. The third-order valence-corrected chi connectivity index (χ3v) is 2.08. The fourth-order valence-corrected chi connectivity index (χ4v) is 1.35. The summed E-state index contributed by atoms with van der Waals surface area (Å²) in [4.78, 5) is 0. The summed E-state index contributed by atoms with van der Waals surface area (Å²) in [5, 5.41) is 0. The van der Waals surface area contributed by atoms with E-state index in [1.807, 2.05) is 32.0 Å². The Balaban J connectivity index is 2.68. The van der Waals surface area contributed by atoms with Gasteiger partial charge in [-0.1, -0.05) is 5.57 Å². The zero-order valence-corrected chi connectivity index (χ0v) is 10.5. The molecule has 0 aliphatic carbocycles. The molecule has 0 aliphatic rings. The molecule has 1 rings (SSSR count). The summed E-state index contributed by atoms with van der Waals surface area (Å²) in [7, 11) is 0. The molecule has 0 saturated carbocycles. The fourth-order valence-electron chi connectivity index (χ4n) is 1.35. The SMILES string of the molecule is CCOc1cc(C)cc(OCC=C(C)C)c1. The van der Waals surface area contributed by atoms with Crippen LogP contribution in [0.2, 0.25) is 0 Å². The maximum Gasteiger partial charge on any atom is 0.123 e. The van der Waals surface area contributed by atoms with Crippen molar-refractivity contribution in [2.24, 2.45) is 0 Å². The molecule has 0 radical (unpaired) electrons. The van der Waals surface area contributed by atoms with Crippen molar-refractivity contribution in [2.75, 3.05) is 13.2 Å². The van der Waals surface area contributed by atoms with Gasteiger partial charge in [0.2, 0.25) is 0 Å². The van der Waals surface area contributed by atoms with Crippen LogP contribution in [0.25, 0.3) is 0 Å². The van der Waals surface area contributed by atoms with Crippen molar-refractivity contribution in [2.45, 2.75) is 27.7 Å². The Morgan fingerprint density at radius 2 is 1.75 bits per heavy atom. The predicted molar refractivity (Wildman–Crippen MR) is 67.3 cm³/mol. The molecule has 2 nitrogen and oxygen atoms in total. The van der Waals surface area contributed by atoms with Gasteiger partial charge < -0.3 is 9.47 Å². The summed E-state index contributed by atoms with van der Waals surface area (Å²) in [6.45, 7) is 9.42. The van der Waals surface area contributed by atoms with Gasteiger partial charge in [0.25, 0.3) is 0 Å². The summed E-state index contributed by atoms with van der Waals surface area (Å²) >= 11 is 0. The average Bonchev–Trinajstić information content (AvgIpc) is 2.16. The molecule has 1 aromatic carbocycles. The van der Waals surface area contributed by atoms with Gasteiger partial charge in [0, 0.05) is 6.07 Å². The molecular formula is C14H20O2. The molecule has 0 aromatic heterocycles. The van der Waals surface area contributed by atoms with Gasteiger partial charge in [0.15, 0.2) is 0 Å². The van der Waals surface area contributed by atoms with Crippen LogP contribution in [-0.2, 0) is 0 Å². The maximum absolute atomic E-state index is 5.63. The topological polar surface area (TPSA) is 18.5 Å². The smallest absolute Gasteiger partial charge is 0.123 e. The third-order valence-electron chi connectivity index (χ3n) is 2.08. The highest BCUT2D eigenvalue weighted by atomic mass is 16.5. The molecule has 0 aliphatic heterocycles. The second kappa shape index (κ2) is 6.21. The molecule has 88 valence electrons. The number of benzene rings is 1. The summed E-state index contributed by atoms with van der Waals surface area (Å²) in [5.41, 5.74) is 2.41. The van der Waals surface area contributed by atoms with Crippen molar-refractivity contribution in [3.8, 4) is 11.5 Å². The van der Waals surface area contributed by atoms with E-state index in [4.69, 9.17) is 9.47 Å². The van der Waals surface area contributed by atoms with Crippen LogP contribution in [0, 0.1) is 6.92 Å². The number of rotatable bonds is 5. The molecule has 0 unspecified atom stereocenters. The first-order chi connectivity index (χ1) is 7.61. The van der Waals surface area contributed by atoms with Gasteiger partial charge in [-0.15, -0.1) is 0 Å². The molecule has 0 bridgehead atoms. The summed E-state index contributed by atoms with van der Waals surface area (Å²) in [6.07, 6.45) is 2.06. The quantitative estimate of drug-likeness (QED) is 0.704. The van der Waals surface area contributed by atoms with E-state index in [0.29, 0.717) is 13.2 Å². The van der Waals surface area contributed by atoms with E-state index in [1.54, 1.807) is 0 Å². The van der Waals surface area contributed by atoms with Crippen LogP contribution in [0.5, 0.6) is 11.5 Å². The highest BCUT2D eigenvalue weighted by molar-refractivity contribution is 5.37.